The summed E-state index contributed by atoms with van der Waals surface area (Å²) < 4.78 is 5.71. The Morgan fingerprint density at radius 1 is 1.04 bits per heavy atom. The molecule has 0 aliphatic rings. The first kappa shape index (κ1) is 19.3. The number of aryl methyl sites for hydroxylation is 1. The number of carboxylic acid groups (broad SMARTS) is 1. The zero-order valence-electron chi connectivity index (χ0n) is 15.7. The third kappa shape index (κ3) is 5.00. The third-order valence-electron chi connectivity index (χ3n) is 3.90. The molecule has 1 atom stereocenters. The molecule has 0 radical (unpaired) electrons. The minimum Gasteiger partial charge on any atom is -0.481 e. The summed E-state index contributed by atoms with van der Waals surface area (Å²) in [6.45, 7) is 7.72. The van der Waals surface area contributed by atoms with Gasteiger partial charge in [0.1, 0.15) is 11.3 Å². The van der Waals surface area contributed by atoms with Crippen LogP contribution in [0.25, 0.3) is 11.0 Å². The van der Waals surface area contributed by atoms with Gasteiger partial charge in [-0.05, 0) is 43.3 Å². The summed E-state index contributed by atoms with van der Waals surface area (Å²) in [5.41, 5.74) is 3.84. The Kier molecular flexibility index (Phi) is 6.63. The van der Waals surface area contributed by atoms with Crippen molar-refractivity contribution < 1.29 is 14.3 Å². The SMILES string of the molecule is CC.Cc1ccc(C#Cc2ccc3oc(CC(C)C(=O)O)cc3c2)cc1. The largest absolute Gasteiger partial charge is 0.481 e. The van der Waals surface area contributed by atoms with Crippen molar-refractivity contribution in [1.82, 2.24) is 0 Å². The summed E-state index contributed by atoms with van der Waals surface area (Å²) in [6.07, 6.45) is 0.383. The fourth-order valence-corrected chi connectivity index (χ4v) is 2.45. The Balaban J connectivity index is 0.00000117. The molecule has 2 aromatic carbocycles. The van der Waals surface area contributed by atoms with Crippen molar-refractivity contribution in [2.75, 3.05) is 0 Å². The highest BCUT2D eigenvalue weighted by atomic mass is 16.4. The number of aliphatic carboxylic acids is 1. The van der Waals surface area contributed by atoms with Crippen LogP contribution >= 0.6 is 0 Å². The van der Waals surface area contributed by atoms with Gasteiger partial charge in [0, 0.05) is 22.9 Å². The number of furan rings is 1. The van der Waals surface area contributed by atoms with Gasteiger partial charge < -0.3 is 9.52 Å². The maximum absolute atomic E-state index is 11.0. The smallest absolute Gasteiger partial charge is 0.306 e. The van der Waals surface area contributed by atoms with Crippen LogP contribution in [0.1, 0.15) is 43.2 Å². The van der Waals surface area contributed by atoms with Crippen LogP contribution in [-0.4, -0.2) is 11.1 Å². The van der Waals surface area contributed by atoms with Gasteiger partial charge in [0.25, 0.3) is 0 Å². The fourth-order valence-electron chi connectivity index (χ4n) is 2.45. The lowest BCUT2D eigenvalue weighted by Gasteiger charge is -2.01. The van der Waals surface area contributed by atoms with Gasteiger partial charge >= 0.3 is 5.97 Å². The van der Waals surface area contributed by atoms with Crippen LogP contribution in [0, 0.1) is 24.7 Å². The molecule has 3 heteroatoms. The molecule has 0 aliphatic carbocycles. The normalized spacial score (nSPS) is 11.1. The molecule has 1 N–H and O–H groups in total. The highest BCUT2D eigenvalue weighted by Gasteiger charge is 2.14. The molecule has 0 spiro atoms. The molecule has 0 fully saturated rings. The van der Waals surface area contributed by atoms with E-state index in [0.29, 0.717) is 12.2 Å². The van der Waals surface area contributed by atoms with E-state index in [0.717, 1.165) is 22.1 Å². The molecule has 1 aromatic heterocycles. The lowest BCUT2D eigenvalue weighted by atomic mass is 10.1. The molecule has 134 valence electrons. The zero-order valence-corrected chi connectivity index (χ0v) is 15.7. The number of hydrogen-bond acceptors (Lipinski definition) is 2. The van der Waals surface area contributed by atoms with Crippen LogP contribution < -0.4 is 0 Å². The highest BCUT2D eigenvalue weighted by Crippen LogP contribution is 2.22. The number of hydrogen-bond donors (Lipinski definition) is 1. The van der Waals surface area contributed by atoms with E-state index in [1.807, 2.05) is 69.3 Å². The van der Waals surface area contributed by atoms with Gasteiger partial charge in [-0.3, -0.25) is 4.79 Å². The van der Waals surface area contributed by atoms with Crippen LogP contribution in [0.5, 0.6) is 0 Å². The van der Waals surface area contributed by atoms with E-state index in [1.165, 1.54) is 5.56 Å². The van der Waals surface area contributed by atoms with Crippen molar-refractivity contribution in [3.63, 3.8) is 0 Å². The maximum Gasteiger partial charge on any atom is 0.306 e. The molecular formula is C23H24O3. The van der Waals surface area contributed by atoms with E-state index in [9.17, 15) is 4.79 Å². The monoisotopic (exact) mass is 348 g/mol. The molecule has 0 amide bonds. The van der Waals surface area contributed by atoms with Gasteiger partial charge in [0.05, 0.1) is 5.92 Å². The van der Waals surface area contributed by atoms with Crippen molar-refractivity contribution in [3.05, 3.63) is 71.0 Å². The van der Waals surface area contributed by atoms with Crippen LogP contribution in [0.2, 0.25) is 0 Å². The number of benzene rings is 2. The Morgan fingerprint density at radius 2 is 1.65 bits per heavy atom. The topological polar surface area (TPSA) is 50.4 Å². The molecule has 0 aliphatic heterocycles. The first-order chi connectivity index (χ1) is 12.5. The van der Waals surface area contributed by atoms with E-state index >= 15 is 0 Å². The average Bonchev–Trinajstić information content (AvgIpc) is 3.04. The first-order valence-corrected chi connectivity index (χ1v) is 8.85. The molecular weight excluding hydrogens is 324 g/mol. The third-order valence-corrected chi connectivity index (χ3v) is 3.90. The second-order valence-corrected chi connectivity index (χ2v) is 6.02. The Hall–Kier alpha value is -2.99. The second-order valence-electron chi connectivity index (χ2n) is 6.02. The highest BCUT2D eigenvalue weighted by molar-refractivity contribution is 5.80. The van der Waals surface area contributed by atoms with E-state index in [1.54, 1.807) is 6.92 Å². The summed E-state index contributed by atoms with van der Waals surface area (Å²) in [5.74, 6) is 5.70. The van der Waals surface area contributed by atoms with E-state index < -0.39 is 11.9 Å². The molecule has 26 heavy (non-hydrogen) atoms. The van der Waals surface area contributed by atoms with Gasteiger partial charge in [-0.1, -0.05) is 50.3 Å². The number of fused-ring (bicyclic) bond motifs is 1. The quantitative estimate of drug-likeness (QED) is 0.642. The Bertz CT molecular complexity index is 937. The second kappa shape index (κ2) is 8.92. The number of carboxylic acids is 1. The lowest BCUT2D eigenvalue weighted by Crippen LogP contribution is -2.11. The predicted octanol–water partition coefficient (Wildman–Crippen LogP) is 5.43. The molecule has 0 bridgehead atoms. The summed E-state index contributed by atoms with van der Waals surface area (Å²) in [7, 11) is 0. The summed E-state index contributed by atoms with van der Waals surface area (Å²) in [4.78, 5) is 11.0. The van der Waals surface area contributed by atoms with E-state index in [4.69, 9.17) is 9.52 Å². The fraction of sp³-hybridized carbons (Fsp3) is 0.261. The molecule has 1 unspecified atom stereocenters. The predicted molar refractivity (Wildman–Crippen MR) is 105 cm³/mol. The number of carbonyl (C=O) groups is 1. The number of rotatable bonds is 3. The molecule has 3 nitrogen and oxygen atoms in total. The molecule has 3 rings (SSSR count). The molecule has 1 heterocycles. The zero-order chi connectivity index (χ0) is 19.1. The summed E-state index contributed by atoms with van der Waals surface area (Å²) in [5, 5.41) is 9.94. The maximum atomic E-state index is 11.0. The van der Waals surface area contributed by atoms with Crippen LogP contribution in [-0.2, 0) is 11.2 Å². The van der Waals surface area contributed by atoms with Crippen molar-refractivity contribution >= 4 is 16.9 Å². The van der Waals surface area contributed by atoms with Gasteiger partial charge in [-0.15, -0.1) is 0 Å². The molecule has 3 aromatic rings. The first-order valence-electron chi connectivity index (χ1n) is 8.85. The van der Waals surface area contributed by atoms with E-state index in [2.05, 4.69) is 11.8 Å². The van der Waals surface area contributed by atoms with Crippen molar-refractivity contribution in [1.29, 1.82) is 0 Å². The van der Waals surface area contributed by atoms with Crippen LogP contribution in [0.3, 0.4) is 0 Å². The van der Waals surface area contributed by atoms with Gasteiger partial charge in [-0.25, -0.2) is 0 Å². The van der Waals surface area contributed by atoms with Crippen LogP contribution in [0.15, 0.2) is 52.9 Å². The van der Waals surface area contributed by atoms with Gasteiger partial charge in [0.15, 0.2) is 0 Å². The van der Waals surface area contributed by atoms with Crippen molar-refractivity contribution in [3.8, 4) is 11.8 Å². The van der Waals surface area contributed by atoms with Crippen LogP contribution in [0.4, 0.5) is 0 Å². The van der Waals surface area contributed by atoms with Gasteiger partial charge in [-0.2, -0.15) is 0 Å². The van der Waals surface area contributed by atoms with Crippen molar-refractivity contribution in [2.24, 2.45) is 5.92 Å². The standard InChI is InChI=1S/C21H18O3.C2H6/c1-14-3-5-16(6-4-14)7-8-17-9-10-20-18(12-17)13-19(24-20)11-15(2)21(22)23;1-2/h3-6,9-10,12-13,15H,11H2,1-2H3,(H,22,23);1-2H3. The van der Waals surface area contributed by atoms with E-state index in [-0.39, 0.29) is 0 Å². The summed E-state index contributed by atoms with van der Waals surface area (Å²) >= 11 is 0. The Morgan fingerprint density at radius 3 is 2.31 bits per heavy atom. The molecule has 0 saturated carbocycles. The average molecular weight is 348 g/mol. The van der Waals surface area contributed by atoms with Crippen molar-refractivity contribution in [2.45, 2.75) is 34.1 Å². The molecule has 0 saturated heterocycles. The lowest BCUT2D eigenvalue weighted by molar-refractivity contribution is -0.141. The Labute approximate surface area is 154 Å². The van der Waals surface area contributed by atoms with Gasteiger partial charge in [0.2, 0.25) is 0 Å². The minimum atomic E-state index is -0.819. The minimum absolute atomic E-state index is 0.383. The summed E-state index contributed by atoms with van der Waals surface area (Å²) in [6, 6.07) is 15.7.